The number of carbonyl (C=O) groups excluding carboxylic acids is 6. The zero-order valence-corrected chi connectivity index (χ0v) is 67.5. The number of aryl methyl sites for hydroxylation is 1. The third-order valence-electron chi connectivity index (χ3n) is 16.7. The summed E-state index contributed by atoms with van der Waals surface area (Å²) in [5.74, 6) is 1.49. The molecule has 0 aromatic carbocycles. The van der Waals surface area contributed by atoms with Crippen LogP contribution in [0.3, 0.4) is 0 Å². The number of hydrogen-bond donors (Lipinski definition) is 6. The summed E-state index contributed by atoms with van der Waals surface area (Å²) >= 11 is 0. The first-order chi connectivity index (χ1) is 46.7. The fraction of sp³-hybridized carbons (Fsp3) is 0.627. The van der Waals surface area contributed by atoms with E-state index in [1.807, 2.05) is 179 Å². The topological polar surface area (TPSA) is 320 Å². The van der Waals surface area contributed by atoms with Gasteiger partial charge in [-0.25, -0.2) is 48.7 Å². The number of hydrogen-bond acceptors (Lipinski definition) is 16. The number of amides is 11. The van der Waals surface area contributed by atoms with E-state index in [9.17, 15) is 33.6 Å². The Morgan fingerprint density at radius 1 is 0.534 bits per heavy atom. The first-order valence-corrected chi connectivity index (χ1v) is 34.9. The third-order valence-corrected chi connectivity index (χ3v) is 16.7. The smallest absolute Gasteiger partial charge is 0.348 e. The Kier molecular flexibility index (Phi) is 29.4. The van der Waals surface area contributed by atoms with Crippen LogP contribution in [0.15, 0.2) is 120 Å². The predicted molar refractivity (Wildman–Crippen MR) is 418 cm³/mol. The van der Waals surface area contributed by atoms with Crippen molar-refractivity contribution in [3.8, 4) is 0 Å². The first-order valence-electron chi connectivity index (χ1n) is 34.9. The summed E-state index contributed by atoms with van der Waals surface area (Å²) in [5.41, 5.74) is 10.3. The van der Waals surface area contributed by atoms with Crippen molar-refractivity contribution in [3.63, 3.8) is 0 Å². The van der Waals surface area contributed by atoms with Gasteiger partial charge in [0.15, 0.2) is 18.4 Å². The number of amidine groups is 2. The Morgan fingerprint density at radius 2 is 1.04 bits per heavy atom. The van der Waals surface area contributed by atoms with Gasteiger partial charge >= 0.3 is 35.8 Å². The van der Waals surface area contributed by atoms with Crippen LogP contribution in [0.5, 0.6) is 0 Å². The maximum atomic E-state index is 11.6. The molecule has 0 radical (unpaired) electrons. The van der Waals surface area contributed by atoms with Crippen molar-refractivity contribution < 1.29 is 28.8 Å². The number of nitrogens with one attached hydrogen (secondary N) is 5. The first kappa shape index (κ1) is 88.0. The lowest BCUT2D eigenvalue weighted by Gasteiger charge is -2.41. The van der Waals surface area contributed by atoms with Gasteiger partial charge in [0.1, 0.15) is 24.1 Å². The number of urea groups is 5. The van der Waals surface area contributed by atoms with Crippen LogP contribution in [0, 0.1) is 12.8 Å². The minimum Gasteiger partial charge on any atom is -0.385 e. The second-order valence-corrected chi connectivity index (χ2v) is 34.3. The Bertz CT molecular complexity index is 3630. The highest BCUT2D eigenvalue weighted by molar-refractivity contribution is 6.03. The zero-order chi connectivity index (χ0) is 79.4. The van der Waals surface area contributed by atoms with E-state index in [2.05, 4.69) is 141 Å². The molecule has 10 heterocycles. The second-order valence-electron chi connectivity index (χ2n) is 34.3. The molecule has 572 valence electrons. The summed E-state index contributed by atoms with van der Waals surface area (Å²) in [4.78, 5) is 122. The van der Waals surface area contributed by atoms with Crippen LogP contribution >= 0.6 is 0 Å². The van der Waals surface area contributed by atoms with Crippen LogP contribution < -0.4 is 38.0 Å². The molecule has 0 spiro atoms. The average Bonchev–Trinajstić information content (AvgIpc) is 1.40. The van der Waals surface area contributed by atoms with Crippen LogP contribution in [-0.2, 0) is 10.3 Å². The van der Waals surface area contributed by atoms with E-state index in [1.165, 1.54) is 6.34 Å². The summed E-state index contributed by atoms with van der Waals surface area (Å²) in [6.07, 6.45) is 13.8. The number of rotatable bonds is 0. The number of carbonyl (C=O) groups is 6. The van der Waals surface area contributed by atoms with E-state index in [0.29, 0.717) is 29.0 Å². The lowest BCUT2D eigenvalue weighted by molar-refractivity contribution is -0.122. The molecule has 0 aliphatic carbocycles. The van der Waals surface area contributed by atoms with Crippen molar-refractivity contribution in [1.29, 1.82) is 0 Å². The molecule has 28 nitrogen and oxygen atoms in total. The van der Waals surface area contributed by atoms with Crippen LogP contribution in [0.25, 0.3) is 0 Å². The van der Waals surface area contributed by atoms with E-state index in [1.54, 1.807) is 51.0 Å². The van der Waals surface area contributed by atoms with Gasteiger partial charge in [0.05, 0.1) is 12.7 Å². The van der Waals surface area contributed by atoms with Crippen molar-refractivity contribution >= 4 is 72.5 Å². The molecule has 9 aliphatic heterocycles. The molecule has 5 unspecified atom stereocenters. The summed E-state index contributed by atoms with van der Waals surface area (Å²) < 4.78 is 1.62. The lowest BCUT2D eigenvalue weighted by atomic mass is 10.00. The molecular formula is C75H125N21O7. The van der Waals surface area contributed by atoms with Gasteiger partial charge in [-0.3, -0.25) is 29.1 Å². The van der Waals surface area contributed by atoms with Gasteiger partial charge in [0.25, 0.3) is 5.91 Å². The monoisotopic (exact) mass is 1430 g/mol. The molecule has 9 aliphatic rings. The zero-order valence-electron chi connectivity index (χ0n) is 67.5. The highest BCUT2D eigenvalue weighted by atomic mass is 16.2. The largest absolute Gasteiger partial charge is 0.385 e. The van der Waals surface area contributed by atoms with Gasteiger partial charge in [-0.1, -0.05) is 33.2 Å². The average molecular weight is 1430 g/mol. The van der Waals surface area contributed by atoms with Gasteiger partial charge in [-0.15, -0.1) is 0 Å². The minimum atomic E-state index is -0.382. The number of aliphatic imine (C=N–C) groups is 6. The quantitative estimate of drug-likeness (QED) is 0.142. The Labute approximate surface area is 614 Å². The van der Waals surface area contributed by atoms with E-state index in [-0.39, 0.29) is 110 Å². The number of allylic oxidation sites excluding steroid dienone is 2. The van der Waals surface area contributed by atoms with Gasteiger partial charge in [0, 0.05) is 135 Å². The molecule has 0 saturated carbocycles. The number of fused-ring (bicyclic) bond motifs is 2. The molecule has 1 aromatic heterocycles. The van der Waals surface area contributed by atoms with Crippen LogP contribution in [0.2, 0.25) is 0 Å². The van der Waals surface area contributed by atoms with Crippen molar-refractivity contribution in [2.75, 3.05) is 19.6 Å². The van der Waals surface area contributed by atoms with Crippen molar-refractivity contribution in [3.05, 3.63) is 102 Å². The van der Waals surface area contributed by atoms with Crippen LogP contribution in [0.4, 0.5) is 24.0 Å². The highest BCUT2D eigenvalue weighted by Crippen LogP contribution is 2.29. The third kappa shape index (κ3) is 26.2. The number of aromatic nitrogens is 2. The van der Waals surface area contributed by atoms with Crippen LogP contribution in [-0.4, -0.2) is 199 Å². The van der Waals surface area contributed by atoms with Crippen LogP contribution in [0.1, 0.15) is 212 Å². The number of nitrogens with zero attached hydrogens (tertiary/aromatic N) is 15. The standard InChI is InChI=1S/C10H16N4O.C10H18N2O.C10H16N2O.C9H15N5.2C9H16N2O.2C9H14N2O/c1-6-12-8-7(9(15)13-6)11-5-14(8)10(2,3)4;2*1-7-6-12(10(3,4)5)9(13)11-8(7)2;1-9(2,3)14-5-13-6-7(10)11-4-12-8(6)14;4*1-7-5-6-11(8(12)10-7)9(2,3)4/h5,7-8H,1-4H3,(H,12,13,15);7H,2,6H2,1,3-5H3,(H,11,13);6H,2H2,1,3-5H3,(H,11,13);4-6,8H,1-3H3,(H2,10,11,12);5-6H2,1-4H3;1,5-6H2,2-4H3,(H,10,12);5-6H,1-4H3;5-6H,1H2,2-4H3,(H,10,12). The van der Waals surface area contributed by atoms with Gasteiger partial charge in [-0.05, 0) is 212 Å². The fourth-order valence-corrected chi connectivity index (χ4v) is 10.5. The Morgan fingerprint density at radius 3 is 1.51 bits per heavy atom. The number of nitrogens with two attached hydrogens (primary N) is 1. The van der Waals surface area contributed by atoms with Crippen molar-refractivity contribution in [2.45, 2.75) is 282 Å². The molecule has 28 heteroatoms. The van der Waals surface area contributed by atoms with E-state index in [0.717, 1.165) is 60.8 Å². The summed E-state index contributed by atoms with van der Waals surface area (Å²) in [7, 11) is 0. The lowest BCUT2D eigenvalue weighted by Crippen LogP contribution is -2.56. The van der Waals surface area contributed by atoms with Gasteiger partial charge in [-0.2, -0.15) is 4.98 Å². The second kappa shape index (κ2) is 34.4. The maximum Gasteiger partial charge on any atom is 0.348 e. The molecular weight excluding hydrogens is 1310 g/mol. The van der Waals surface area contributed by atoms with E-state index >= 15 is 0 Å². The molecule has 103 heavy (non-hydrogen) atoms. The molecule has 2 saturated heterocycles. The fourth-order valence-electron chi connectivity index (χ4n) is 10.5. The Balaban J connectivity index is 0.000000306. The molecule has 1 aromatic rings. The summed E-state index contributed by atoms with van der Waals surface area (Å²) in [6, 6.07) is 0.984. The van der Waals surface area contributed by atoms with Gasteiger partial charge < -0.3 is 56.8 Å². The van der Waals surface area contributed by atoms with E-state index in [4.69, 9.17) is 5.73 Å². The molecule has 5 atom stereocenters. The maximum absolute atomic E-state index is 11.6. The molecule has 7 N–H and O–H groups in total. The predicted octanol–water partition coefficient (Wildman–Crippen LogP) is 11.7. The van der Waals surface area contributed by atoms with Crippen molar-refractivity contribution in [2.24, 2.45) is 41.6 Å². The molecule has 0 bridgehead atoms. The van der Waals surface area contributed by atoms with E-state index < -0.39 is 0 Å². The summed E-state index contributed by atoms with van der Waals surface area (Å²) in [5, 5.41) is 13.6. The molecule has 11 amide bonds. The molecule has 10 rings (SSSR count). The summed E-state index contributed by atoms with van der Waals surface area (Å²) in [6.45, 7) is 75.5. The SMILES string of the molecule is C=C1C=CN(C(C)(C)C)C(=O)N1.C=C1CCN(C(C)(C)C)C(=O)N1.C=C1NC(=O)N(C(C)(C)C)C=C1C.C=C1NC(=O)N(C(C)(C)C)CC1C.CC(C)(C)N1C=NC2C(N)=NC=NC21.CC1=NC(=O)N(C(C)(C)C)CC1.CC1=NC2C(N=CN2C(C)(C)C)C(=O)N1.Cc1ccn(C(C)(C)C)c(=O)n1. The minimum absolute atomic E-state index is 0.00694. The molecule has 2 fully saturated rings. The normalized spacial score (nSPS) is 22.0. The Hall–Kier alpha value is -9.24. The van der Waals surface area contributed by atoms with Gasteiger partial charge in [0.2, 0.25) is 0 Å². The highest BCUT2D eigenvalue weighted by Gasteiger charge is 2.43. The van der Waals surface area contributed by atoms with Crippen molar-refractivity contribution in [1.82, 2.24) is 70.4 Å².